The van der Waals surface area contributed by atoms with Crippen LogP contribution in [0.3, 0.4) is 0 Å². The molecule has 0 spiro atoms. The molecule has 0 radical (unpaired) electrons. The maximum Gasteiger partial charge on any atom is 0.260 e. The van der Waals surface area contributed by atoms with Gasteiger partial charge in [-0.1, -0.05) is 24.3 Å². The molecule has 1 fully saturated rings. The van der Waals surface area contributed by atoms with Crippen LogP contribution in [-0.4, -0.2) is 75.3 Å². The van der Waals surface area contributed by atoms with Gasteiger partial charge in [-0.15, -0.1) is 0 Å². The number of aromatic nitrogens is 4. The van der Waals surface area contributed by atoms with Gasteiger partial charge in [0.25, 0.3) is 5.91 Å². The van der Waals surface area contributed by atoms with E-state index < -0.39 is 0 Å². The molecule has 0 aliphatic carbocycles. The van der Waals surface area contributed by atoms with E-state index in [1.807, 2.05) is 48.7 Å². The van der Waals surface area contributed by atoms with Crippen LogP contribution in [0.1, 0.15) is 12.0 Å². The van der Waals surface area contributed by atoms with Crippen LogP contribution in [0.15, 0.2) is 79.6 Å². The highest BCUT2D eigenvalue weighted by atomic mass is 16.7. The standard InChI is InChI=1S/C29H29N7O5/c37-28(31-15-21-6-7-24-25(12-21)41-20-40-24)13-22-16-34(26-14-27(33-18-32-26)35-9-8-30-19-35)10-11-36(22)29(38)17-39-23-4-2-1-3-5-23/h1-9,12,14,18-19,22H,10-11,13,15-17,20H2,(H,31,37). The quantitative estimate of drug-likeness (QED) is 0.331. The molecule has 4 heterocycles. The van der Waals surface area contributed by atoms with Crippen LogP contribution < -0.4 is 24.4 Å². The molecule has 2 aromatic heterocycles. The van der Waals surface area contributed by atoms with E-state index in [0.717, 1.165) is 5.56 Å². The van der Waals surface area contributed by atoms with Crippen LogP contribution in [0, 0.1) is 0 Å². The Morgan fingerprint density at radius 1 is 1.00 bits per heavy atom. The van der Waals surface area contributed by atoms with Gasteiger partial charge in [0.15, 0.2) is 18.1 Å². The first-order valence-electron chi connectivity index (χ1n) is 13.3. The number of amides is 2. The van der Waals surface area contributed by atoms with Gasteiger partial charge in [0.1, 0.15) is 30.0 Å². The number of ether oxygens (including phenoxy) is 3. The first-order chi connectivity index (χ1) is 20.1. The van der Waals surface area contributed by atoms with E-state index in [1.165, 1.54) is 6.33 Å². The van der Waals surface area contributed by atoms with Crippen LogP contribution >= 0.6 is 0 Å². The summed E-state index contributed by atoms with van der Waals surface area (Å²) in [6.07, 6.45) is 6.79. The smallest absolute Gasteiger partial charge is 0.260 e. The summed E-state index contributed by atoms with van der Waals surface area (Å²) in [6, 6.07) is 16.3. The molecule has 1 saturated heterocycles. The Hall–Kier alpha value is -5.13. The van der Waals surface area contributed by atoms with Crippen molar-refractivity contribution < 1.29 is 23.8 Å². The Bertz CT molecular complexity index is 1500. The zero-order valence-corrected chi connectivity index (χ0v) is 22.3. The fourth-order valence-electron chi connectivity index (χ4n) is 4.89. The lowest BCUT2D eigenvalue weighted by Crippen LogP contribution is -2.57. The summed E-state index contributed by atoms with van der Waals surface area (Å²) < 4.78 is 18.3. The Balaban J connectivity index is 1.14. The number of nitrogens with one attached hydrogen (secondary N) is 1. The minimum Gasteiger partial charge on any atom is -0.484 e. The maximum absolute atomic E-state index is 13.3. The number of carbonyl (C=O) groups is 2. The highest BCUT2D eigenvalue weighted by Gasteiger charge is 2.33. The lowest BCUT2D eigenvalue weighted by Gasteiger charge is -2.41. The van der Waals surface area contributed by atoms with E-state index in [-0.39, 0.29) is 37.7 Å². The SMILES string of the molecule is O=C(CC1CN(c2cc(-n3ccnc3)ncn2)CCN1C(=O)COc1ccccc1)NCc1ccc2c(c1)OCO2. The number of benzene rings is 2. The molecule has 0 bridgehead atoms. The zero-order chi connectivity index (χ0) is 28.0. The van der Waals surface area contributed by atoms with Crippen LogP contribution in [0.2, 0.25) is 0 Å². The van der Waals surface area contributed by atoms with Gasteiger partial charge < -0.3 is 29.3 Å². The van der Waals surface area contributed by atoms with Gasteiger partial charge in [0.2, 0.25) is 12.7 Å². The molecule has 12 nitrogen and oxygen atoms in total. The van der Waals surface area contributed by atoms with Crippen LogP contribution in [-0.2, 0) is 16.1 Å². The van der Waals surface area contributed by atoms with E-state index in [2.05, 4.69) is 25.2 Å². The minimum atomic E-state index is -0.390. The van der Waals surface area contributed by atoms with Crippen molar-refractivity contribution in [3.05, 3.63) is 85.2 Å². The van der Waals surface area contributed by atoms with Gasteiger partial charge in [0, 0.05) is 51.1 Å². The van der Waals surface area contributed by atoms with Crippen molar-refractivity contribution in [2.24, 2.45) is 0 Å². The van der Waals surface area contributed by atoms with Gasteiger partial charge in [0.05, 0.1) is 6.04 Å². The van der Waals surface area contributed by atoms with Crippen molar-refractivity contribution in [2.75, 3.05) is 37.9 Å². The summed E-state index contributed by atoms with van der Waals surface area (Å²) in [5.74, 6) is 3.01. The normalized spacial score (nSPS) is 16.0. The zero-order valence-electron chi connectivity index (χ0n) is 22.3. The van der Waals surface area contributed by atoms with Crippen molar-refractivity contribution in [3.8, 4) is 23.1 Å². The number of piperazine rings is 1. The molecular formula is C29H29N7O5. The first-order valence-corrected chi connectivity index (χ1v) is 13.3. The predicted molar refractivity (Wildman–Crippen MR) is 148 cm³/mol. The molecule has 2 aliphatic rings. The van der Waals surface area contributed by atoms with Crippen LogP contribution in [0.4, 0.5) is 5.82 Å². The number of anilines is 1. The third kappa shape index (κ3) is 6.21. The van der Waals surface area contributed by atoms with Crippen molar-refractivity contribution >= 4 is 17.6 Å². The third-order valence-corrected chi connectivity index (χ3v) is 6.99. The van der Waals surface area contributed by atoms with Crippen LogP contribution in [0.25, 0.3) is 5.82 Å². The summed E-state index contributed by atoms with van der Waals surface area (Å²) in [7, 11) is 0. The Labute approximate surface area is 236 Å². The number of carbonyl (C=O) groups excluding carboxylic acids is 2. The second-order valence-electron chi connectivity index (χ2n) is 9.66. The van der Waals surface area contributed by atoms with Crippen molar-refractivity contribution in [1.29, 1.82) is 0 Å². The number of para-hydroxylation sites is 1. The summed E-state index contributed by atoms with van der Waals surface area (Å²) in [6.45, 7) is 1.80. The topological polar surface area (TPSA) is 124 Å². The van der Waals surface area contributed by atoms with Crippen molar-refractivity contribution in [1.82, 2.24) is 29.7 Å². The lowest BCUT2D eigenvalue weighted by molar-refractivity contribution is -0.137. The molecule has 0 saturated carbocycles. The third-order valence-electron chi connectivity index (χ3n) is 6.99. The van der Waals surface area contributed by atoms with Gasteiger partial charge in [-0.3, -0.25) is 14.2 Å². The molecule has 1 atom stereocenters. The first kappa shape index (κ1) is 26.1. The van der Waals surface area contributed by atoms with E-state index in [4.69, 9.17) is 14.2 Å². The molecule has 210 valence electrons. The van der Waals surface area contributed by atoms with Crippen LogP contribution in [0.5, 0.6) is 17.2 Å². The van der Waals surface area contributed by atoms with E-state index in [1.54, 1.807) is 34.1 Å². The lowest BCUT2D eigenvalue weighted by atomic mass is 10.1. The monoisotopic (exact) mass is 555 g/mol. The molecule has 4 aromatic rings. The minimum absolute atomic E-state index is 0.113. The fourth-order valence-corrected chi connectivity index (χ4v) is 4.89. The Kier molecular flexibility index (Phi) is 7.61. The van der Waals surface area contributed by atoms with Gasteiger partial charge in [-0.05, 0) is 29.8 Å². The Morgan fingerprint density at radius 2 is 1.85 bits per heavy atom. The molecule has 1 unspecified atom stereocenters. The number of fused-ring (bicyclic) bond motifs is 1. The number of hydrogen-bond acceptors (Lipinski definition) is 9. The number of nitrogens with zero attached hydrogens (tertiary/aromatic N) is 6. The molecular weight excluding hydrogens is 526 g/mol. The van der Waals surface area contributed by atoms with E-state index in [0.29, 0.717) is 55.1 Å². The van der Waals surface area contributed by atoms with Crippen molar-refractivity contribution in [2.45, 2.75) is 19.0 Å². The summed E-state index contributed by atoms with van der Waals surface area (Å²) >= 11 is 0. The summed E-state index contributed by atoms with van der Waals surface area (Å²) in [5.41, 5.74) is 0.894. The van der Waals surface area contributed by atoms with Gasteiger partial charge in [-0.2, -0.15) is 0 Å². The molecule has 2 amide bonds. The summed E-state index contributed by atoms with van der Waals surface area (Å²) in [4.78, 5) is 43.1. The predicted octanol–water partition coefficient (Wildman–Crippen LogP) is 2.19. The molecule has 12 heteroatoms. The van der Waals surface area contributed by atoms with E-state index in [9.17, 15) is 9.59 Å². The molecule has 6 rings (SSSR count). The average molecular weight is 556 g/mol. The van der Waals surface area contributed by atoms with Crippen molar-refractivity contribution in [3.63, 3.8) is 0 Å². The average Bonchev–Trinajstić information content (AvgIpc) is 3.72. The summed E-state index contributed by atoms with van der Waals surface area (Å²) in [5, 5.41) is 2.98. The molecule has 1 N–H and O–H groups in total. The highest BCUT2D eigenvalue weighted by molar-refractivity contribution is 5.81. The number of hydrogen-bond donors (Lipinski definition) is 1. The molecule has 2 aliphatic heterocycles. The largest absolute Gasteiger partial charge is 0.484 e. The van der Waals surface area contributed by atoms with E-state index >= 15 is 0 Å². The second-order valence-corrected chi connectivity index (χ2v) is 9.66. The van der Waals surface area contributed by atoms with Gasteiger partial charge in [-0.25, -0.2) is 15.0 Å². The highest BCUT2D eigenvalue weighted by Crippen LogP contribution is 2.32. The maximum atomic E-state index is 13.3. The number of imidazole rings is 1. The molecule has 41 heavy (non-hydrogen) atoms. The Morgan fingerprint density at radius 3 is 2.71 bits per heavy atom. The molecule has 2 aromatic carbocycles. The van der Waals surface area contributed by atoms with Gasteiger partial charge >= 0.3 is 0 Å². The number of rotatable bonds is 9. The second kappa shape index (κ2) is 11.9. The fraction of sp³-hybridized carbons (Fsp3) is 0.276.